The van der Waals surface area contributed by atoms with E-state index in [0.29, 0.717) is 11.1 Å². The molecule has 0 amide bonds. The number of aromatic nitrogens is 2. The van der Waals surface area contributed by atoms with Crippen molar-refractivity contribution in [3.63, 3.8) is 0 Å². The van der Waals surface area contributed by atoms with E-state index in [9.17, 15) is 40.2 Å². The van der Waals surface area contributed by atoms with E-state index in [4.69, 9.17) is 19.7 Å². The predicted octanol–water partition coefficient (Wildman–Crippen LogP) is -0.781. The summed E-state index contributed by atoms with van der Waals surface area (Å²) in [5.41, 5.74) is 0.971. The summed E-state index contributed by atoms with van der Waals surface area (Å²) in [6.45, 7) is 12.3. The topological polar surface area (TPSA) is 373 Å². The van der Waals surface area contributed by atoms with Gasteiger partial charge in [0.1, 0.15) is 11.5 Å². The Kier molecular flexibility index (Phi) is 48.3. The zero-order chi connectivity index (χ0) is 47.6. The van der Waals surface area contributed by atoms with Crippen molar-refractivity contribution in [2.24, 2.45) is 20.4 Å². The molecule has 0 spiro atoms. The zero-order valence-electron chi connectivity index (χ0n) is 38.0. The molecule has 20 nitrogen and oxygen atoms in total. The Morgan fingerprint density at radius 3 is 1.09 bits per heavy atom. The maximum absolute atomic E-state index is 11.8. The third-order valence-corrected chi connectivity index (χ3v) is 5.73. The van der Waals surface area contributed by atoms with E-state index >= 15 is 0 Å². The number of ether oxygens (including phenoxy) is 2. The molecule has 2 aromatic carbocycles. The van der Waals surface area contributed by atoms with E-state index in [0.717, 1.165) is 12.2 Å². The average Bonchev–Trinajstić information content (AvgIpc) is 3.19. The van der Waals surface area contributed by atoms with Gasteiger partial charge in [0.25, 0.3) is 0 Å². The van der Waals surface area contributed by atoms with Crippen molar-refractivity contribution in [3.8, 4) is 23.0 Å². The largest absolute Gasteiger partial charge is 3.00 e. The second kappa shape index (κ2) is 43.9. The van der Waals surface area contributed by atoms with Gasteiger partial charge in [-0.3, -0.25) is 19.6 Å². The second-order valence-corrected chi connectivity index (χ2v) is 12.4. The maximum Gasteiger partial charge on any atom is 3.00 e. The molecule has 4 aromatic rings. The minimum absolute atomic E-state index is 0. The molecule has 4 rings (SSSR count). The van der Waals surface area contributed by atoms with Crippen LogP contribution in [0.2, 0.25) is 0 Å². The van der Waals surface area contributed by atoms with E-state index in [1.165, 1.54) is 78.9 Å². The van der Waals surface area contributed by atoms with E-state index in [1.54, 1.807) is 88.4 Å². The second-order valence-electron chi connectivity index (χ2n) is 12.4. The molecule has 22 heteroatoms. The summed E-state index contributed by atoms with van der Waals surface area (Å²) in [5.74, 6) is -2.08. The molecule has 0 aliphatic carbocycles. The summed E-state index contributed by atoms with van der Waals surface area (Å²) >= 11 is 0. The number of nitrogens with zero attached hydrogens (tertiary/aromatic N) is 6. The third kappa shape index (κ3) is 39.4. The summed E-state index contributed by atoms with van der Waals surface area (Å²) in [4.78, 5) is 27.7. The first kappa shape index (κ1) is 72.6. The quantitative estimate of drug-likeness (QED) is 0.0492. The van der Waals surface area contributed by atoms with Gasteiger partial charge in [-0.25, -0.2) is 0 Å². The first-order valence-electron chi connectivity index (χ1n) is 18.3. The molecule has 2 radical (unpaired) electrons. The number of para-hydroxylation sites is 2. The van der Waals surface area contributed by atoms with Crippen LogP contribution >= 0.6 is 0 Å². The number of methoxy groups -OCH3 is 2. The van der Waals surface area contributed by atoms with Crippen LogP contribution in [0.4, 0.5) is 0 Å². The molecule has 0 saturated heterocycles. The number of hydrogen-bond donors (Lipinski definition) is 2. The minimum Gasteiger partial charge on any atom is -0.876 e. The molecular weight excluding hydrogens is 1160 g/mol. The molecule has 66 heavy (non-hydrogen) atoms. The van der Waals surface area contributed by atoms with Crippen LogP contribution in [0, 0.1) is 76.3 Å². The van der Waals surface area contributed by atoms with Gasteiger partial charge in [-0.15, -0.1) is 11.5 Å². The van der Waals surface area contributed by atoms with Gasteiger partial charge >= 0.3 is 76.3 Å². The Bertz CT molecular complexity index is 1940. The molecule has 2 aromatic heterocycles. The van der Waals surface area contributed by atoms with Crippen molar-refractivity contribution in [1.82, 2.24) is 9.97 Å². The van der Waals surface area contributed by atoms with Gasteiger partial charge < -0.3 is 61.3 Å². The fourth-order valence-corrected chi connectivity index (χ4v) is 3.53. The van der Waals surface area contributed by atoms with Crippen molar-refractivity contribution in [3.05, 3.63) is 131 Å². The zero-order valence-corrected chi connectivity index (χ0v) is 42.1. The van der Waals surface area contributed by atoms with E-state index < -0.39 is 11.8 Å². The van der Waals surface area contributed by atoms with Gasteiger partial charge in [0.15, 0.2) is 11.6 Å². The van der Waals surface area contributed by atoms with Crippen LogP contribution in [0.25, 0.3) is 0 Å². The normalized spacial score (nSPS) is 10.6. The number of aliphatic hydroxyl groups excluding tert-OH is 2. The SMILES string of the molecule is CC(=O)/C=C(/C)[O-].CC(=O)/C=C(/C)[O-].CC(C)O.CC(C)O.COc1cccc(/C=N/N=C(\[O-])c2ccccn2)c1[O-].COc1cccc(/C=N/N=C(\[O-])c2ccccn2)c1[O-].[Dy+3].[Dy+3].[OH3+].[OH3+]. The number of pyridine rings is 2. The van der Waals surface area contributed by atoms with Crippen LogP contribution in [0.5, 0.6) is 23.0 Å². The van der Waals surface area contributed by atoms with Crippen LogP contribution in [0.15, 0.2) is 129 Å². The Hall–Kier alpha value is -4.97. The monoisotopic (exact) mass is 1220 g/mol. The summed E-state index contributed by atoms with van der Waals surface area (Å²) in [5, 5.41) is 97.0. The number of rotatable bonds is 10. The number of ketones is 2. The van der Waals surface area contributed by atoms with Crippen LogP contribution in [0.3, 0.4) is 0 Å². The number of carbonyl (C=O) groups excluding carboxylic acids is 2. The molecule has 0 bridgehead atoms. The van der Waals surface area contributed by atoms with E-state index in [2.05, 4.69) is 30.4 Å². The Labute approximate surface area is 445 Å². The van der Waals surface area contributed by atoms with Gasteiger partial charge in [-0.05, 0) is 101 Å². The standard InChI is InChI=1S/2C14H13N3O3.2C5H8O2.2C3H8O.2Dy.2H2O/c2*1-20-12-7-4-5-10(13(12)18)9-16-17-14(19)11-6-2-3-8-15-11;2*1-4(6)3-5(2)7;2*1-3(2)4;;;;/h2*2-9,18H,1H3,(H,17,19);2*3,6H,1-2H3;2*3-4H,1-2H3;;;2*1H2/q;;;;;;2*+3;;/p-4/b2*16-9+;2*4-3-;;;;;;. The summed E-state index contributed by atoms with van der Waals surface area (Å²) < 4.78 is 9.80. The fourth-order valence-electron chi connectivity index (χ4n) is 3.53. The molecular formula is C44H58Dy2N6O14+2. The number of hydrogen-bond acceptors (Lipinski definition) is 18. The maximum atomic E-state index is 11.8. The molecule has 2 heterocycles. The van der Waals surface area contributed by atoms with Crippen LogP contribution in [-0.4, -0.2) is 82.4 Å². The van der Waals surface area contributed by atoms with Gasteiger partial charge in [0, 0.05) is 36.4 Å². The molecule has 0 aliphatic rings. The molecule has 0 aliphatic heterocycles. The summed E-state index contributed by atoms with van der Waals surface area (Å²) in [6.07, 6.45) is 7.19. The van der Waals surface area contributed by atoms with Gasteiger partial charge in [-0.1, -0.05) is 61.7 Å². The van der Waals surface area contributed by atoms with Crippen molar-refractivity contribution in [2.45, 2.75) is 67.6 Å². The van der Waals surface area contributed by atoms with Crippen molar-refractivity contribution >= 4 is 35.8 Å². The summed E-state index contributed by atoms with van der Waals surface area (Å²) in [6, 6.07) is 19.4. The van der Waals surface area contributed by atoms with Crippen LogP contribution < -0.4 is 40.1 Å². The van der Waals surface area contributed by atoms with Crippen LogP contribution in [-0.2, 0) is 20.5 Å². The van der Waals surface area contributed by atoms with Crippen molar-refractivity contribution < 1.29 is 147 Å². The first-order chi connectivity index (χ1) is 29.2. The molecule has 8 N–H and O–H groups in total. The molecule has 0 saturated carbocycles. The Morgan fingerprint density at radius 1 is 0.576 bits per heavy atom. The third-order valence-electron chi connectivity index (χ3n) is 5.73. The van der Waals surface area contributed by atoms with Crippen molar-refractivity contribution in [2.75, 3.05) is 14.2 Å². The van der Waals surface area contributed by atoms with Crippen LogP contribution in [0.1, 0.15) is 77.9 Å². The van der Waals surface area contributed by atoms with Crippen molar-refractivity contribution in [1.29, 1.82) is 0 Å². The Morgan fingerprint density at radius 2 is 0.879 bits per heavy atom. The van der Waals surface area contributed by atoms with Gasteiger partial charge in [0.05, 0.1) is 38.0 Å². The smallest absolute Gasteiger partial charge is 0.876 e. The fraction of sp³-hybridized carbons (Fsp3) is 0.273. The number of allylic oxidation sites excluding steroid dienone is 4. The Balaban J connectivity index is -0.000000182. The average molecular weight is 1220 g/mol. The van der Waals surface area contributed by atoms with Gasteiger partial charge in [-0.2, -0.15) is 20.4 Å². The molecule has 0 fully saturated rings. The first-order valence-corrected chi connectivity index (χ1v) is 18.3. The number of carbonyl (C=O) groups is 2. The summed E-state index contributed by atoms with van der Waals surface area (Å²) in [7, 11) is 2.82. The number of aliphatic hydroxyl groups is 2. The van der Waals surface area contributed by atoms with E-state index in [1.807, 2.05) is 0 Å². The molecule has 366 valence electrons. The van der Waals surface area contributed by atoms with Gasteiger partial charge in [0.2, 0.25) is 0 Å². The minimum atomic E-state index is -0.572. The predicted molar refractivity (Wildman–Crippen MR) is 235 cm³/mol. The number of benzene rings is 2. The van der Waals surface area contributed by atoms with E-state index in [-0.39, 0.29) is 157 Å². The molecule has 0 atom stereocenters. The molecule has 0 unspecified atom stereocenters.